The van der Waals surface area contributed by atoms with Gasteiger partial charge in [0.1, 0.15) is 12.6 Å². The zero-order valence-electron chi connectivity index (χ0n) is 19.3. The van der Waals surface area contributed by atoms with E-state index in [4.69, 9.17) is 4.74 Å². The molecule has 7 nitrogen and oxygen atoms in total. The minimum atomic E-state index is -0.980. The molecular weight excluding hydrogens is 432 g/mol. The molecule has 0 heterocycles. The number of ether oxygens (including phenoxy) is 1. The first-order chi connectivity index (χ1) is 16.4. The fourth-order valence-corrected chi connectivity index (χ4v) is 5.51. The summed E-state index contributed by atoms with van der Waals surface area (Å²) < 4.78 is 5.64. The maximum atomic E-state index is 13.1. The molecule has 0 bridgehead atoms. The molecule has 3 aliphatic rings. The first kappa shape index (κ1) is 22.4. The van der Waals surface area contributed by atoms with Crippen molar-refractivity contribution in [2.24, 2.45) is 5.92 Å². The van der Waals surface area contributed by atoms with Crippen LogP contribution in [0.25, 0.3) is 11.1 Å². The lowest BCUT2D eigenvalue weighted by atomic mass is 9.98. The van der Waals surface area contributed by atoms with Crippen molar-refractivity contribution in [3.8, 4) is 11.1 Å². The SMILES string of the molecule is CC(C(=O)O)N(C(=O)[C@@H]1CC[C@H](NC(=O)OCC2c3ccccc3-c3ccccc32)C1)C1CC1. The van der Waals surface area contributed by atoms with E-state index in [2.05, 4.69) is 29.6 Å². The van der Waals surface area contributed by atoms with E-state index in [1.165, 1.54) is 11.1 Å². The molecule has 2 saturated carbocycles. The highest BCUT2D eigenvalue weighted by molar-refractivity contribution is 5.86. The lowest BCUT2D eigenvalue weighted by Gasteiger charge is -2.29. The predicted octanol–water partition coefficient (Wildman–Crippen LogP) is 4.16. The van der Waals surface area contributed by atoms with Gasteiger partial charge < -0.3 is 20.1 Å². The minimum Gasteiger partial charge on any atom is -0.480 e. The Bertz CT molecular complexity index is 1070. The monoisotopic (exact) mass is 462 g/mol. The Morgan fingerprint density at radius 2 is 1.62 bits per heavy atom. The number of benzene rings is 2. The Balaban J connectivity index is 1.17. The third-order valence-electron chi connectivity index (χ3n) is 7.42. The second-order valence-corrected chi connectivity index (χ2v) is 9.67. The maximum absolute atomic E-state index is 13.1. The van der Waals surface area contributed by atoms with Crippen molar-refractivity contribution in [2.45, 2.75) is 63.1 Å². The van der Waals surface area contributed by atoms with Gasteiger partial charge in [-0.1, -0.05) is 48.5 Å². The molecule has 2 aromatic rings. The summed E-state index contributed by atoms with van der Waals surface area (Å²) in [5, 5.41) is 12.3. The van der Waals surface area contributed by atoms with E-state index < -0.39 is 18.1 Å². The highest BCUT2D eigenvalue weighted by atomic mass is 16.5. The van der Waals surface area contributed by atoms with Gasteiger partial charge in [0.05, 0.1) is 0 Å². The van der Waals surface area contributed by atoms with Crippen molar-refractivity contribution in [3.05, 3.63) is 59.7 Å². The zero-order valence-corrected chi connectivity index (χ0v) is 19.3. The predicted molar refractivity (Wildman–Crippen MR) is 126 cm³/mol. The van der Waals surface area contributed by atoms with E-state index >= 15 is 0 Å². The third-order valence-corrected chi connectivity index (χ3v) is 7.42. The van der Waals surface area contributed by atoms with E-state index in [-0.39, 0.29) is 36.4 Å². The molecule has 0 saturated heterocycles. The van der Waals surface area contributed by atoms with E-state index in [0.717, 1.165) is 24.0 Å². The summed E-state index contributed by atoms with van der Waals surface area (Å²) >= 11 is 0. The molecule has 178 valence electrons. The maximum Gasteiger partial charge on any atom is 0.407 e. The lowest BCUT2D eigenvalue weighted by Crippen LogP contribution is -2.47. The van der Waals surface area contributed by atoms with Crippen LogP contribution in [0.5, 0.6) is 0 Å². The van der Waals surface area contributed by atoms with Crippen molar-refractivity contribution >= 4 is 18.0 Å². The Labute approximate surface area is 199 Å². The summed E-state index contributed by atoms with van der Waals surface area (Å²) in [6, 6.07) is 15.5. The van der Waals surface area contributed by atoms with Crippen LogP contribution >= 0.6 is 0 Å². The van der Waals surface area contributed by atoms with Gasteiger partial charge in [0, 0.05) is 23.9 Å². The topological polar surface area (TPSA) is 95.9 Å². The van der Waals surface area contributed by atoms with Crippen LogP contribution in [0.1, 0.15) is 56.1 Å². The molecule has 3 atom stereocenters. The second-order valence-electron chi connectivity index (χ2n) is 9.67. The summed E-state index contributed by atoms with van der Waals surface area (Å²) in [5.74, 6) is -1.34. The summed E-state index contributed by atoms with van der Waals surface area (Å²) in [5.41, 5.74) is 4.69. The molecule has 0 aromatic heterocycles. The summed E-state index contributed by atoms with van der Waals surface area (Å²) in [6.07, 6.45) is 3.08. The van der Waals surface area contributed by atoms with Gasteiger partial charge in [-0.25, -0.2) is 9.59 Å². The van der Waals surface area contributed by atoms with Crippen LogP contribution in [-0.4, -0.2) is 52.7 Å². The molecule has 1 unspecified atom stereocenters. The summed E-state index contributed by atoms with van der Waals surface area (Å²) in [7, 11) is 0. The average Bonchev–Trinajstić information content (AvgIpc) is 3.47. The quantitative estimate of drug-likeness (QED) is 0.644. The number of nitrogens with zero attached hydrogens (tertiary/aromatic N) is 1. The van der Waals surface area contributed by atoms with Crippen molar-refractivity contribution in [1.29, 1.82) is 0 Å². The van der Waals surface area contributed by atoms with Gasteiger partial charge in [-0.15, -0.1) is 0 Å². The number of hydrogen-bond acceptors (Lipinski definition) is 4. The number of aliphatic carboxylic acids is 1. The Kier molecular flexibility index (Phi) is 6.02. The Morgan fingerprint density at radius 3 is 2.21 bits per heavy atom. The van der Waals surface area contributed by atoms with Crippen LogP contribution in [0.3, 0.4) is 0 Å². The van der Waals surface area contributed by atoms with Gasteiger partial charge in [-0.3, -0.25) is 4.79 Å². The molecule has 34 heavy (non-hydrogen) atoms. The molecule has 0 spiro atoms. The number of carboxylic acids is 1. The van der Waals surface area contributed by atoms with Crippen molar-refractivity contribution in [2.75, 3.05) is 6.61 Å². The first-order valence-corrected chi connectivity index (χ1v) is 12.1. The second kappa shape index (κ2) is 9.12. The summed E-state index contributed by atoms with van der Waals surface area (Å²) in [6.45, 7) is 1.82. The number of alkyl carbamates (subject to hydrolysis) is 1. The third kappa shape index (κ3) is 4.27. The molecule has 5 rings (SSSR count). The number of hydrogen-bond donors (Lipinski definition) is 2. The highest BCUT2D eigenvalue weighted by Gasteiger charge is 2.43. The van der Waals surface area contributed by atoms with Crippen molar-refractivity contribution in [1.82, 2.24) is 10.2 Å². The molecule has 7 heteroatoms. The fourth-order valence-electron chi connectivity index (χ4n) is 5.51. The number of carboxylic acid groups (broad SMARTS) is 1. The smallest absolute Gasteiger partial charge is 0.407 e. The van der Waals surface area contributed by atoms with Crippen LogP contribution in [0.2, 0.25) is 0 Å². The van der Waals surface area contributed by atoms with Crippen LogP contribution < -0.4 is 5.32 Å². The lowest BCUT2D eigenvalue weighted by molar-refractivity contribution is -0.151. The van der Waals surface area contributed by atoms with Crippen LogP contribution in [-0.2, 0) is 14.3 Å². The highest BCUT2D eigenvalue weighted by Crippen LogP contribution is 2.44. The molecule has 0 aliphatic heterocycles. The number of rotatable bonds is 7. The molecule has 2 aromatic carbocycles. The van der Waals surface area contributed by atoms with Gasteiger partial charge in [0.25, 0.3) is 0 Å². The van der Waals surface area contributed by atoms with Crippen LogP contribution in [0.4, 0.5) is 4.79 Å². The normalized spacial score (nSPS) is 21.9. The van der Waals surface area contributed by atoms with E-state index in [0.29, 0.717) is 19.3 Å². The largest absolute Gasteiger partial charge is 0.480 e. The average molecular weight is 463 g/mol. The Morgan fingerprint density at radius 1 is 1.00 bits per heavy atom. The van der Waals surface area contributed by atoms with Gasteiger partial charge in [0.15, 0.2) is 0 Å². The zero-order chi connectivity index (χ0) is 23.8. The molecule has 2 amide bonds. The van der Waals surface area contributed by atoms with Gasteiger partial charge in [-0.05, 0) is 61.3 Å². The number of carbonyl (C=O) groups excluding carboxylic acids is 2. The number of amides is 2. The van der Waals surface area contributed by atoms with Crippen molar-refractivity contribution < 1.29 is 24.2 Å². The Hall–Kier alpha value is -3.35. The standard InChI is InChI=1S/C27H30N2O5/c1-16(26(31)32)29(19-12-13-19)25(30)17-10-11-18(14-17)28-27(33)34-15-24-22-8-4-2-6-20(22)21-7-3-5-9-23(21)24/h2-9,16-19,24H,10-15H2,1H3,(H,28,33)(H,31,32)/t16?,17-,18+/m1/s1. The molecule has 2 fully saturated rings. The number of nitrogens with one attached hydrogen (secondary N) is 1. The molecule has 0 radical (unpaired) electrons. The van der Waals surface area contributed by atoms with E-state index in [1.807, 2.05) is 24.3 Å². The molecular formula is C27H30N2O5. The molecule has 2 N–H and O–H groups in total. The minimum absolute atomic E-state index is 0.000612. The van der Waals surface area contributed by atoms with Gasteiger partial charge >= 0.3 is 12.1 Å². The number of carbonyl (C=O) groups is 3. The first-order valence-electron chi connectivity index (χ1n) is 12.1. The fraction of sp³-hybridized carbons (Fsp3) is 0.444. The van der Waals surface area contributed by atoms with Crippen molar-refractivity contribution in [3.63, 3.8) is 0 Å². The molecule has 3 aliphatic carbocycles. The van der Waals surface area contributed by atoms with E-state index in [1.54, 1.807) is 11.8 Å². The van der Waals surface area contributed by atoms with Gasteiger partial charge in [0.2, 0.25) is 5.91 Å². The number of fused-ring (bicyclic) bond motifs is 3. The summed E-state index contributed by atoms with van der Waals surface area (Å²) in [4.78, 5) is 38.7. The van der Waals surface area contributed by atoms with Crippen LogP contribution in [0.15, 0.2) is 48.5 Å². The van der Waals surface area contributed by atoms with Gasteiger partial charge in [-0.2, -0.15) is 0 Å². The van der Waals surface area contributed by atoms with Crippen LogP contribution in [0, 0.1) is 5.92 Å². The van der Waals surface area contributed by atoms with E-state index in [9.17, 15) is 19.5 Å².